The van der Waals surface area contributed by atoms with Crippen LogP contribution in [0.1, 0.15) is 10.4 Å². The molecule has 2 fully saturated rings. The van der Waals surface area contributed by atoms with Gasteiger partial charge in [0.1, 0.15) is 5.75 Å². The van der Waals surface area contributed by atoms with Gasteiger partial charge in [-0.3, -0.25) is 9.69 Å². The van der Waals surface area contributed by atoms with Gasteiger partial charge in [-0.15, -0.1) is 0 Å². The average molecular weight is 324 g/mol. The Morgan fingerprint density at radius 3 is 2.73 bits per heavy atom. The van der Waals surface area contributed by atoms with Gasteiger partial charge in [-0.1, -0.05) is 11.6 Å². The summed E-state index contributed by atoms with van der Waals surface area (Å²) in [4.78, 5) is 19.5. The maximum Gasteiger partial charge on any atom is 0.254 e. The molecule has 2 heterocycles. The SMILES string of the molecule is COc1cc(Cl)cc(C(=O)N2CCN3CCN(C)C[C@H]3C2)c1. The molecule has 1 amide bonds. The quantitative estimate of drug-likeness (QED) is 0.825. The Bertz CT molecular complexity index is 566. The first-order valence-corrected chi connectivity index (χ1v) is 8.01. The summed E-state index contributed by atoms with van der Waals surface area (Å²) >= 11 is 6.08. The number of carbonyl (C=O) groups excluding carboxylic acids is 1. The zero-order chi connectivity index (χ0) is 15.7. The number of rotatable bonds is 2. The van der Waals surface area contributed by atoms with Crippen LogP contribution in [0.25, 0.3) is 0 Å². The summed E-state index contributed by atoms with van der Waals surface area (Å²) in [6.07, 6.45) is 0. The highest BCUT2D eigenvalue weighted by Crippen LogP contribution is 2.23. The topological polar surface area (TPSA) is 36.0 Å². The van der Waals surface area contributed by atoms with Crippen molar-refractivity contribution in [1.29, 1.82) is 0 Å². The number of amides is 1. The van der Waals surface area contributed by atoms with E-state index in [2.05, 4.69) is 16.8 Å². The molecule has 0 spiro atoms. The lowest BCUT2D eigenvalue weighted by Gasteiger charge is -2.46. The van der Waals surface area contributed by atoms with Gasteiger partial charge >= 0.3 is 0 Å². The van der Waals surface area contributed by atoms with E-state index in [0.717, 1.165) is 39.3 Å². The van der Waals surface area contributed by atoms with Gasteiger partial charge in [-0.2, -0.15) is 0 Å². The highest BCUT2D eigenvalue weighted by molar-refractivity contribution is 6.31. The molecule has 0 saturated carbocycles. The molecule has 1 aromatic rings. The Labute approximate surface area is 136 Å². The lowest BCUT2D eigenvalue weighted by molar-refractivity contribution is 0.0190. The molecule has 0 radical (unpaired) electrons. The van der Waals surface area contributed by atoms with Crippen molar-refractivity contribution in [3.05, 3.63) is 28.8 Å². The number of nitrogens with zero attached hydrogens (tertiary/aromatic N) is 3. The minimum absolute atomic E-state index is 0.0358. The minimum Gasteiger partial charge on any atom is -0.497 e. The molecule has 6 heteroatoms. The van der Waals surface area contributed by atoms with Crippen molar-refractivity contribution >= 4 is 17.5 Å². The van der Waals surface area contributed by atoms with E-state index in [1.54, 1.807) is 25.3 Å². The lowest BCUT2D eigenvalue weighted by Crippen LogP contribution is -2.62. The van der Waals surface area contributed by atoms with E-state index in [4.69, 9.17) is 16.3 Å². The Kier molecular flexibility index (Phi) is 4.57. The summed E-state index contributed by atoms with van der Waals surface area (Å²) in [6.45, 7) is 5.71. The van der Waals surface area contributed by atoms with E-state index in [9.17, 15) is 4.79 Å². The summed E-state index contributed by atoms with van der Waals surface area (Å²) < 4.78 is 5.20. The Morgan fingerprint density at radius 1 is 1.18 bits per heavy atom. The maximum atomic E-state index is 12.8. The van der Waals surface area contributed by atoms with Crippen LogP contribution in [0.15, 0.2) is 18.2 Å². The van der Waals surface area contributed by atoms with Crippen LogP contribution in [0.5, 0.6) is 5.75 Å². The van der Waals surface area contributed by atoms with E-state index in [1.165, 1.54) is 0 Å². The molecule has 2 saturated heterocycles. The molecular weight excluding hydrogens is 302 g/mol. The standard InChI is InChI=1S/C16H22ClN3O2/c1-18-3-4-19-5-6-20(11-14(19)10-18)16(21)12-7-13(17)9-15(8-12)22-2/h7-9,14H,3-6,10-11H2,1-2H3/t14-/m0/s1. The van der Waals surface area contributed by atoms with E-state index < -0.39 is 0 Å². The fraction of sp³-hybridized carbons (Fsp3) is 0.562. The van der Waals surface area contributed by atoms with Gasteiger partial charge in [0, 0.05) is 55.9 Å². The van der Waals surface area contributed by atoms with E-state index >= 15 is 0 Å². The van der Waals surface area contributed by atoms with Crippen LogP contribution in [0.4, 0.5) is 0 Å². The first kappa shape index (κ1) is 15.6. The number of halogens is 1. The fourth-order valence-electron chi connectivity index (χ4n) is 3.28. The molecule has 3 rings (SSSR count). The molecule has 5 nitrogen and oxygen atoms in total. The highest BCUT2D eigenvalue weighted by Gasteiger charge is 2.33. The third-order valence-electron chi connectivity index (χ3n) is 4.54. The smallest absolute Gasteiger partial charge is 0.254 e. The van der Waals surface area contributed by atoms with Gasteiger partial charge in [-0.25, -0.2) is 0 Å². The number of benzene rings is 1. The van der Waals surface area contributed by atoms with Crippen LogP contribution in [-0.4, -0.2) is 80.1 Å². The van der Waals surface area contributed by atoms with Crippen LogP contribution in [0.2, 0.25) is 5.02 Å². The number of ether oxygens (including phenoxy) is 1. The summed E-state index contributed by atoms with van der Waals surface area (Å²) in [5, 5.41) is 0.527. The van der Waals surface area contributed by atoms with Crippen LogP contribution in [0, 0.1) is 0 Å². The molecule has 0 unspecified atom stereocenters. The predicted octanol–water partition coefficient (Wildman–Crippen LogP) is 1.42. The van der Waals surface area contributed by atoms with Crippen molar-refractivity contribution in [3.8, 4) is 5.75 Å². The number of hydrogen-bond acceptors (Lipinski definition) is 4. The van der Waals surface area contributed by atoms with Gasteiger partial charge in [0.05, 0.1) is 7.11 Å². The van der Waals surface area contributed by atoms with E-state index in [1.807, 2.05) is 4.90 Å². The van der Waals surface area contributed by atoms with Crippen LogP contribution >= 0.6 is 11.6 Å². The zero-order valence-electron chi connectivity index (χ0n) is 13.1. The number of hydrogen-bond donors (Lipinski definition) is 0. The summed E-state index contributed by atoms with van der Waals surface area (Å²) in [7, 11) is 3.72. The minimum atomic E-state index is 0.0358. The number of likely N-dealkylation sites (N-methyl/N-ethyl adjacent to an activating group) is 1. The molecule has 2 aliphatic rings. The largest absolute Gasteiger partial charge is 0.497 e. The monoisotopic (exact) mass is 323 g/mol. The average Bonchev–Trinajstić information content (AvgIpc) is 2.52. The van der Waals surface area contributed by atoms with Gasteiger partial charge in [-0.05, 0) is 25.2 Å². The Balaban J connectivity index is 1.74. The van der Waals surface area contributed by atoms with Gasteiger partial charge < -0.3 is 14.5 Å². The second kappa shape index (κ2) is 6.44. The number of carbonyl (C=O) groups is 1. The Hall–Kier alpha value is -1.30. The lowest BCUT2D eigenvalue weighted by atomic mass is 10.1. The van der Waals surface area contributed by atoms with Gasteiger partial charge in [0.25, 0.3) is 5.91 Å². The van der Waals surface area contributed by atoms with Gasteiger partial charge in [0.15, 0.2) is 0 Å². The number of fused-ring (bicyclic) bond motifs is 1. The normalized spacial score (nSPS) is 23.2. The van der Waals surface area contributed by atoms with Crippen molar-refractivity contribution in [2.45, 2.75) is 6.04 Å². The molecule has 2 aliphatic heterocycles. The van der Waals surface area contributed by atoms with Crippen molar-refractivity contribution in [1.82, 2.24) is 14.7 Å². The van der Waals surface area contributed by atoms with Gasteiger partial charge in [0.2, 0.25) is 0 Å². The molecule has 120 valence electrons. The summed E-state index contributed by atoms with van der Waals surface area (Å²) in [5.74, 6) is 0.653. The first-order valence-electron chi connectivity index (χ1n) is 7.63. The van der Waals surface area contributed by atoms with Crippen molar-refractivity contribution < 1.29 is 9.53 Å². The zero-order valence-corrected chi connectivity index (χ0v) is 13.8. The molecule has 0 aliphatic carbocycles. The molecule has 1 atom stereocenters. The predicted molar refractivity (Wildman–Crippen MR) is 86.8 cm³/mol. The molecule has 0 N–H and O–H groups in total. The third kappa shape index (κ3) is 3.21. The first-order chi connectivity index (χ1) is 10.6. The second-order valence-electron chi connectivity index (χ2n) is 6.08. The molecule has 22 heavy (non-hydrogen) atoms. The number of methoxy groups -OCH3 is 1. The van der Waals surface area contributed by atoms with Crippen LogP contribution in [0.3, 0.4) is 0 Å². The number of piperazine rings is 2. The third-order valence-corrected chi connectivity index (χ3v) is 4.76. The van der Waals surface area contributed by atoms with Crippen LogP contribution < -0.4 is 4.74 Å². The molecule has 0 aromatic heterocycles. The summed E-state index contributed by atoms with van der Waals surface area (Å²) in [5.41, 5.74) is 0.599. The fourth-order valence-corrected chi connectivity index (χ4v) is 3.51. The van der Waals surface area contributed by atoms with Crippen molar-refractivity contribution in [3.63, 3.8) is 0 Å². The Morgan fingerprint density at radius 2 is 1.95 bits per heavy atom. The summed E-state index contributed by atoms with van der Waals surface area (Å²) in [6, 6.07) is 5.61. The van der Waals surface area contributed by atoms with E-state index in [0.29, 0.717) is 22.4 Å². The van der Waals surface area contributed by atoms with Crippen molar-refractivity contribution in [2.75, 3.05) is 53.4 Å². The highest BCUT2D eigenvalue weighted by atomic mass is 35.5. The van der Waals surface area contributed by atoms with E-state index in [-0.39, 0.29) is 5.91 Å². The molecule has 1 aromatic carbocycles. The second-order valence-corrected chi connectivity index (χ2v) is 6.52. The molecule has 0 bridgehead atoms. The molecular formula is C16H22ClN3O2. The van der Waals surface area contributed by atoms with Crippen molar-refractivity contribution in [2.24, 2.45) is 0 Å². The maximum absolute atomic E-state index is 12.8. The van der Waals surface area contributed by atoms with Crippen LogP contribution in [-0.2, 0) is 0 Å².